The number of imidazole rings is 1. The van der Waals surface area contributed by atoms with Crippen LogP contribution in [0.15, 0.2) is 59.4 Å². The van der Waals surface area contributed by atoms with E-state index in [0.717, 1.165) is 22.5 Å². The van der Waals surface area contributed by atoms with Crippen molar-refractivity contribution in [3.63, 3.8) is 0 Å². The number of nitrogens with zero attached hydrogens (tertiary/aromatic N) is 2. The van der Waals surface area contributed by atoms with Gasteiger partial charge in [0.15, 0.2) is 0 Å². The van der Waals surface area contributed by atoms with Crippen LogP contribution in [0.25, 0.3) is 11.0 Å². The highest BCUT2D eigenvalue weighted by Gasteiger charge is 2.12. The Hall–Kier alpha value is -2.47. The molecule has 1 heterocycles. The maximum absolute atomic E-state index is 12.3. The van der Waals surface area contributed by atoms with E-state index >= 15 is 0 Å². The fourth-order valence-electron chi connectivity index (χ4n) is 2.74. The largest absolute Gasteiger partial charge is 0.354 e. The van der Waals surface area contributed by atoms with Crippen molar-refractivity contribution in [3.05, 3.63) is 70.6 Å². The number of rotatable bonds is 7. The molecular weight excluding hydrogens is 334 g/mol. The topological polar surface area (TPSA) is 56.0 Å². The SMILES string of the molecule is Cn1c(=O)n(CC(=O)NCCSCc2ccccc2)c2ccccc21. The molecule has 0 unspecified atom stereocenters. The quantitative estimate of drug-likeness (QED) is 0.662. The highest BCUT2D eigenvalue weighted by atomic mass is 32.2. The van der Waals surface area contributed by atoms with E-state index in [1.807, 2.05) is 42.5 Å². The summed E-state index contributed by atoms with van der Waals surface area (Å²) in [4.78, 5) is 24.5. The number of carbonyl (C=O) groups excluding carboxylic acids is 1. The van der Waals surface area contributed by atoms with Crippen LogP contribution in [0.4, 0.5) is 0 Å². The van der Waals surface area contributed by atoms with E-state index in [1.54, 1.807) is 23.4 Å². The standard InChI is InChI=1S/C19H21N3O2S/c1-21-16-9-5-6-10-17(16)22(19(21)24)13-18(23)20-11-12-25-14-15-7-3-2-4-8-15/h2-10H,11-14H2,1H3,(H,20,23). The zero-order valence-electron chi connectivity index (χ0n) is 14.1. The fourth-order valence-corrected chi connectivity index (χ4v) is 3.56. The Bertz CT molecular complexity index is 915. The molecule has 0 aliphatic carbocycles. The van der Waals surface area contributed by atoms with E-state index < -0.39 is 0 Å². The normalized spacial score (nSPS) is 10.9. The van der Waals surface area contributed by atoms with Crippen LogP contribution >= 0.6 is 11.8 Å². The van der Waals surface area contributed by atoms with Crippen LogP contribution < -0.4 is 11.0 Å². The average Bonchev–Trinajstić information content (AvgIpc) is 2.88. The summed E-state index contributed by atoms with van der Waals surface area (Å²) >= 11 is 1.78. The molecule has 3 rings (SSSR count). The van der Waals surface area contributed by atoms with Crippen molar-refractivity contribution in [1.29, 1.82) is 0 Å². The van der Waals surface area contributed by atoms with Gasteiger partial charge in [-0.15, -0.1) is 0 Å². The highest BCUT2D eigenvalue weighted by Crippen LogP contribution is 2.12. The van der Waals surface area contributed by atoms with Crippen LogP contribution in [-0.4, -0.2) is 27.3 Å². The summed E-state index contributed by atoms with van der Waals surface area (Å²) < 4.78 is 3.08. The molecular formula is C19H21N3O2S. The third-order valence-corrected chi connectivity index (χ3v) is 5.06. The van der Waals surface area contributed by atoms with Gasteiger partial charge in [-0.3, -0.25) is 13.9 Å². The number of benzene rings is 2. The molecule has 1 aromatic heterocycles. The highest BCUT2D eigenvalue weighted by molar-refractivity contribution is 7.98. The third kappa shape index (κ3) is 4.14. The summed E-state index contributed by atoms with van der Waals surface area (Å²) in [6.07, 6.45) is 0. The van der Waals surface area contributed by atoms with Crippen molar-refractivity contribution < 1.29 is 4.79 Å². The first-order chi connectivity index (χ1) is 12.2. The number of aryl methyl sites for hydroxylation is 1. The molecule has 0 spiro atoms. The Labute approximate surface area is 150 Å². The van der Waals surface area contributed by atoms with Crippen LogP contribution in [0.1, 0.15) is 5.56 Å². The Morgan fingerprint density at radius 1 is 1.04 bits per heavy atom. The van der Waals surface area contributed by atoms with Crippen molar-refractivity contribution in [3.8, 4) is 0 Å². The van der Waals surface area contributed by atoms with E-state index in [1.165, 1.54) is 10.1 Å². The second kappa shape index (κ2) is 8.07. The molecule has 130 valence electrons. The number of amides is 1. The molecule has 0 saturated carbocycles. The molecule has 5 nitrogen and oxygen atoms in total. The van der Waals surface area contributed by atoms with Gasteiger partial charge in [-0.05, 0) is 17.7 Å². The van der Waals surface area contributed by atoms with Gasteiger partial charge in [0.05, 0.1) is 11.0 Å². The van der Waals surface area contributed by atoms with Gasteiger partial charge in [0.2, 0.25) is 5.91 Å². The van der Waals surface area contributed by atoms with E-state index in [9.17, 15) is 9.59 Å². The first-order valence-corrected chi connectivity index (χ1v) is 9.35. The van der Waals surface area contributed by atoms with Crippen molar-refractivity contribution in [2.75, 3.05) is 12.3 Å². The van der Waals surface area contributed by atoms with Crippen LogP contribution in [0, 0.1) is 0 Å². The Balaban J connectivity index is 1.50. The number of nitrogens with one attached hydrogen (secondary N) is 1. The summed E-state index contributed by atoms with van der Waals surface area (Å²) in [5.41, 5.74) is 2.72. The molecule has 0 atom stereocenters. The zero-order chi connectivity index (χ0) is 17.6. The molecule has 2 aromatic carbocycles. The molecule has 0 radical (unpaired) electrons. The maximum atomic E-state index is 12.3. The molecule has 0 aliphatic heterocycles. The molecule has 0 aliphatic rings. The van der Waals surface area contributed by atoms with Crippen LogP contribution in [0.5, 0.6) is 0 Å². The van der Waals surface area contributed by atoms with Gasteiger partial charge in [-0.1, -0.05) is 42.5 Å². The van der Waals surface area contributed by atoms with Crippen molar-refractivity contribution in [2.45, 2.75) is 12.3 Å². The Morgan fingerprint density at radius 3 is 2.48 bits per heavy atom. The summed E-state index contributed by atoms with van der Waals surface area (Å²) in [6, 6.07) is 17.7. The lowest BCUT2D eigenvalue weighted by molar-refractivity contribution is -0.121. The third-order valence-electron chi connectivity index (χ3n) is 4.03. The van der Waals surface area contributed by atoms with Crippen molar-refractivity contribution in [2.24, 2.45) is 7.05 Å². The minimum atomic E-state index is -0.171. The van der Waals surface area contributed by atoms with Gasteiger partial charge < -0.3 is 5.32 Å². The zero-order valence-corrected chi connectivity index (χ0v) is 15.0. The van der Waals surface area contributed by atoms with Crippen molar-refractivity contribution in [1.82, 2.24) is 14.5 Å². The molecule has 0 bridgehead atoms. The Morgan fingerprint density at radius 2 is 1.72 bits per heavy atom. The Kier molecular flexibility index (Phi) is 5.60. The number of para-hydroxylation sites is 2. The number of aromatic nitrogens is 2. The minimum absolute atomic E-state index is 0.0452. The van der Waals surface area contributed by atoms with Crippen LogP contribution in [0.2, 0.25) is 0 Å². The molecule has 1 N–H and O–H groups in total. The molecule has 0 fully saturated rings. The number of thioether (sulfide) groups is 1. The first kappa shape index (κ1) is 17.4. The number of hydrogen-bond acceptors (Lipinski definition) is 3. The van der Waals surface area contributed by atoms with Crippen molar-refractivity contribution >= 4 is 28.7 Å². The minimum Gasteiger partial charge on any atom is -0.354 e. The van der Waals surface area contributed by atoms with Gasteiger partial charge in [0.25, 0.3) is 0 Å². The predicted molar refractivity (Wildman–Crippen MR) is 103 cm³/mol. The molecule has 3 aromatic rings. The van der Waals surface area contributed by atoms with Gasteiger partial charge >= 0.3 is 5.69 Å². The summed E-state index contributed by atoms with van der Waals surface area (Å²) in [7, 11) is 1.72. The second-order valence-corrected chi connectivity index (χ2v) is 6.91. The maximum Gasteiger partial charge on any atom is 0.329 e. The van der Waals surface area contributed by atoms with E-state index in [4.69, 9.17) is 0 Å². The lowest BCUT2D eigenvalue weighted by Gasteiger charge is -2.06. The lowest BCUT2D eigenvalue weighted by Crippen LogP contribution is -2.33. The fraction of sp³-hybridized carbons (Fsp3) is 0.263. The van der Waals surface area contributed by atoms with Crippen LogP contribution in [0.3, 0.4) is 0 Å². The first-order valence-electron chi connectivity index (χ1n) is 8.19. The molecule has 25 heavy (non-hydrogen) atoms. The average molecular weight is 355 g/mol. The van der Waals surface area contributed by atoms with Gasteiger partial charge in [0.1, 0.15) is 6.54 Å². The van der Waals surface area contributed by atoms with Gasteiger partial charge in [0, 0.05) is 25.1 Å². The summed E-state index contributed by atoms with van der Waals surface area (Å²) in [5.74, 6) is 1.63. The number of hydrogen-bond donors (Lipinski definition) is 1. The molecule has 6 heteroatoms. The van der Waals surface area contributed by atoms with Gasteiger partial charge in [-0.2, -0.15) is 11.8 Å². The number of fused-ring (bicyclic) bond motifs is 1. The van der Waals surface area contributed by atoms with E-state index in [2.05, 4.69) is 17.4 Å². The number of carbonyl (C=O) groups is 1. The summed E-state index contributed by atoms with van der Waals surface area (Å²) in [5, 5.41) is 2.89. The molecule has 1 amide bonds. The van der Waals surface area contributed by atoms with E-state index in [0.29, 0.717) is 6.54 Å². The second-order valence-electron chi connectivity index (χ2n) is 5.80. The lowest BCUT2D eigenvalue weighted by atomic mass is 10.2. The van der Waals surface area contributed by atoms with Crippen LogP contribution in [-0.2, 0) is 24.1 Å². The van der Waals surface area contributed by atoms with Gasteiger partial charge in [-0.25, -0.2) is 4.79 Å². The smallest absolute Gasteiger partial charge is 0.329 e. The van der Waals surface area contributed by atoms with E-state index in [-0.39, 0.29) is 18.1 Å². The molecule has 0 saturated heterocycles. The summed E-state index contributed by atoms with van der Waals surface area (Å²) in [6.45, 7) is 0.638. The predicted octanol–water partition coefficient (Wildman–Crippen LogP) is 2.39. The monoisotopic (exact) mass is 355 g/mol.